The highest BCUT2D eigenvalue weighted by atomic mass is 35.5. The fourth-order valence-corrected chi connectivity index (χ4v) is 3.11. The average Bonchev–Trinajstić information content (AvgIpc) is 3.17. The lowest BCUT2D eigenvalue weighted by Gasteiger charge is -2.26. The number of aromatic nitrogens is 3. The van der Waals surface area contributed by atoms with Crippen LogP contribution in [-0.4, -0.2) is 28.1 Å². The second-order valence-electron chi connectivity index (χ2n) is 5.60. The second-order valence-corrected chi connectivity index (χ2v) is 6.00. The Morgan fingerprint density at radius 3 is 2.74 bits per heavy atom. The van der Waals surface area contributed by atoms with E-state index in [9.17, 15) is 4.79 Å². The largest absolute Gasteiger partial charge is 0.480 e. The summed E-state index contributed by atoms with van der Waals surface area (Å²) in [4.78, 5) is 20.9. The lowest BCUT2D eigenvalue weighted by molar-refractivity contribution is 0.0891. The van der Waals surface area contributed by atoms with Gasteiger partial charge in [0.15, 0.2) is 5.82 Å². The zero-order chi connectivity index (χ0) is 16.4. The van der Waals surface area contributed by atoms with Gasteiger partial charge in [-0.2, -0.15) is 4.98 Å². The van der Waals surface area contributed by atoms with E-state index in [1.54, 1.807) is 6.92 Å². The number of carbonyl (C=O) groups excluding carboxylic acids is 1. The Hall–Kier alpha value is -2.15. The molecule has 0 spiro atoms. The van der Waals surface area contributed by atoms with Gasteiger partial charge >= 0.3 is 0 Å². The van der Waals surface area contributed by atoms with Gasteiger partial charge in [-0.05, 0) is 18.9 Å². The maximum absolute atomic E-state index is 12.6. The molecule has 0 aromatic carbocycles. The lowest BCUT2D eigenvalue weighted by Crippen LogP contribution is -2.44. The summed E-state index contributed by atoms with van der Waals surface area (Å²) < 4.78 is 10.1. The van der Waals surface area contributed by atoms with Crippen LogP contribution in [0.5, 0.6) is 5.88 Å². The van der Waals surface area contributed by atoms with E-state index < -0.39 is 5.54 Å². The molecule has 0 atom stereocenters. The minimum absolute atomic E-state index is 0.272. The minimum Gasteiger partial charge on any atom is -0.480 e. The quantitative estimate of drug-likeness (QED) is 0.923. The van der Waals surface area contributed by atoms with E-state index in [-0.39, 0.29) is 16.8 Å². The van der Waals surface area contributed by atoms with Gasteiger partial charge in [0.1, 0.15) is 10.6 Å². The van der Waals surface area contributed by atoms with Crippen molar-refractivity contribution < 1.29 is 14.1 Å². The number of amides is 1. The molecule has 0 unspecified atom stereocenters. The van der Waals surface area contributed by atoms with Crippen molar-refractivity contribution in [3.63, 3.8) is 0 Å². The summed E-state index contributed by atoms with van der Waals surface area (Å²) in [7, 11) is 1.47. The number of carbonyl (C=O) groups is 1. The summed E-state index contributed by atoms with van der Waals surface area (Å²) in [5.74, 6) is 1.02. The van der Waals surface area contributed by atoms with E-state index in [2.05, 4.69) is 20.4 Å². The highest BCUT2D eigenvalue weighted by molar-refractivity contribution is 6.32. The van der Waals surface area contributed by atoms with E-state index >= 15 is 0 Å². The van der Waals surface area contributed by atoms with Gasteiger partial charge in [0.05, 0.1) is 12.7 Å². The van der Waals surface area contributed by atoms with Gasteiger partial charge in [-0.3, -0.25) is 4.79 Å². The molecule has 0 aliphatic heterocycles. The first kappa shape index (κ1) is 15.7. The Morgan fingerprint density at radius 2 is 2.17 bits per heavy atom. The van der Waals surface area contributed by atoms with Gasteiger partial charge < -0.3 is 14.6 Å². The summed E-state index contributed by atoms with van der Waals surface area (Å²) in [6.45, 7) is 1.73. The number of nitrogens with one attached hydrogen (secondary N) is 1. The Morgan fingerprint density at radius 1 is 1.43 bits per heavy atom. The summed E-state index contributed by atoms with van der Waals surface area (Å²) >= 11 is 6.04. The molecule has 0 bridgehead atoms. The van der Waals surface area contributed by atoms with Crippen LogP contribution < -0.4 is 10.1 Å². The molecular weight excluding hydrogens is 320 g/mol. The Bertz CT molecular complexity index is 725. The van der Waals surface area contributed by atoms with Crippen molar-refractivity contribution >= 4 is 17.5 Å². The van der Waals surface area contributed by atoms with Crippen LogP contribution in [0.4, 0.5) is 0 Å². The van der Waals surface area contributed by atoms with Gasteiger partial charge in [-0.15, -0.1) is 0 Å². The molecule has 1 fully saturated rings. The molecule has 122 valence electrons. The van der Waals surface area contributed by atoms with Crippen LogP contribution in [-0.2, 0) is 5.54 Å². The first-order valence-corrected chi connectivity index (χ1v) is 7.75. The summed E-state index contributed by atoms with van der Waals surface area (Å²) in [5.41, 5.74) is -0.233. The number of aryl methyl sites for hydroxylation is 1. The number of halogens is 1. The summed E-state index contributed by atoms with van der Waals surface area (Å²) in [6, 6.07) is 1.53. The van der Waals surface area contributed by atoms with Gasteiger partial charge in [0.2, 0.25) is 11.8 Å². The zero-order valence-electron chi connectivity index (χ0n) is 12.9. The molecule has 1 amide bonds. The molecule has 1 saturated carbocycles. The van der Waals surface area contributed by atoms with Crippen LogP contribution in [0, 0.1) is 6.92 Å². The Balaban J connectivity index is 1.86. The van der Waals surface area contributed by atoms with Crippen LogP contribution >= 0.6 is 11.6 Å². The van der Waals surface area contributed by atoms with Gasteiger partial charge in [0.25, 0.3) is 5.91 Å². The third kappa shape index (κ3) is 3.01. The van der Waals surface area contributed by atoms with E-state index in [1.165, 1.54) is 19.4 Å². The van der Waals surface area contributed by atoms with Crippen LogP contribution in [0.1, 0.15) is 47.8 Å². The van der Waals surface area contributed by atoms with E-state index in [4.69, 9.17) is 20.9 Å². The first-order chi connectivity index (χ1) is 11.0. The SMILES string of the molecule is COc1ncc(C(=O)NC2(c3noc(C)n3)CCCC2)cc1Cl. The van der Waals surface area contributed by atoms with E-state index in [0.29, 0.717) is 17.3 Å². The van der Waals surface area contributed by atoms with Crippen molar-refractivity contribution in [1.29, 1.82) is 0 Å². The zero-order valence-corrected chi connectivity index (χ0v) is 13.7. The monoisotopic (exact) mass is 336 g/mol. The minimum atomic E-state index is -0.596. The Labute approximate surface area is 138 Å². The normalized spacial score (nSPS) is 16.3. The second kappa shape index (κ2) is 6.16. The number of hydrogen-bond donors (Lipinski definition) is 1. The third-order valence-corrected chi connectivity index (χ3v) is 4.30. The molecule has 2 aromatic heterocycles. The van der Waals surface area contributed by atoms with Crippen LogP contribution in [0.2, 0.25) is 5.02 Å². The van der Waals surface area contributed by atoms with Crippen molar-refractivity contribution in [1.82, 2.24) is 20.4 Å². The van der Waals surface area contributed by atoms with Crippen molar-refractivity contribution in [3.8, 4) is 5.88 Å². The van der Waals surface area contributed by atoms with Crippen molar-refractivity contribution in [3.05, 3.63) is 34.6 Å². The van der Waals surface area contributed by atoms with Gasteiger partial charge in [-0.25, -0.2) is 4.98 Å². The Kier molecular flexibility index (Phi) is 4.21. The molecule has 3 rings (SSSR count). The first-order valence-electron chi connectivity index (χ1n) is 7.37. The smallest absolute Gasteiger partial charge is 0.253 e. The van der Waals surface area contributed by atoms with Crippen molar-refractivity contribution in [2.24, 2.45) is 0 Å². The fraction of sp³-hybridized carbons (Fsp3) is 0.467. The molecule has 8 heteroatoms. The number of rotatable bonds is 4. The van der Waals surface area contributed by atoms with Crippen LogP contribution in [0.3, 0.4) is 0 Å². The third-order valence-electron chi connectivity index (χ3n) is 4.03. The summed E-state index contributed by atoms with van der Waals surface area (Å²) in [6.07, 6.45) is 4.97. The lowest BCUT2D eigenvalue weighted by atomic mass is 9.96. The van der Waals surface area contributed by atoms with Crippen molar-refractivity contribution in [2.45, 2.75) is 38.1 Å². The van der Waals surface area contributed by atoms with Crippen LogP contribution in [0.25, 0.3) is 0 Å². The van der Waals surface area contributed by atoms with Crippen molar-refractivity contribution in [2.75, 3.05) is 7.11 Å². The van der Waals surface area contributed by atoms with Gasteiger partial charge in [-0.1, -0.05) is 29.6 Å². The maximum Gasteiger partial charge on any atom is 0.253 e. The molecular formula is C15H17ClN4O3. The molecule has 2 aromatic rings. The number of hydrogen-bond acceptors (Lipinski definition) is 6. The predicted octanol–water partition coefficient (Wildman–Crippen LogP) is 2.63. The average molecular weight is 337 g/mol. The van der Waals surface area contributed by atoms with E-state index in [0.717, 1.165) is 25.7 Å². The molecule has 23 heavy (non-hydrogen) atoms. The highest BCUT2D eigenvalue weighted by Crippen LogP contribution is 2.37. The number of methoxy groups -OCH3 is 1. The number of nitrogens with zero attached hydrogens (tertiary/aromatic N) is 3. The number of ether oxygens (including phenoxy) is 1. The fourth-order valence-electron chi connectivity index (χ4n) is 2.87. The molecule has 7 nitrogen and oxygen atoms in total. The molecule has 1 aliphatic carbocycles. The highest BCUT2D eigenvalue weighted by Gasteiger charge is 2.41. The van der Waals surface area contributed by atoms with Crippen LogP contribution in [0.15, 0.2) is 16.8 Å². The molecule has 1 N–H and O–H groups in total. The molecule has 2 heterocycles. The summed E-state index contributed by atoms with van der Waals surface area (Å²) in [5, 5.41) is 7.33. The standard InChI is InChI=1S/C15H17ClN4O3/c1-9-18-14(20-23-9)15(5-3-4-6-15)19-12(21)10-7-11(16)13(22-2)17-8-10/h7-8H,3-6H2,1-2H3,(H,19,21). The molecule has 1 aliphatic rings. The topological polar surface area (TPSA) is 90.1 Å². The number of pyridine rings is 1. The maximum atomic E-state index is 12.6. The predicted molar refractivity (Wildman–Crippen MR) is 82.4 cm³/mol. The van der Waals surface area contributed by atoms with Gasteiger partial charge in [0, 0.05) is 13.1 Å². The van der Waals surface area contributed by atoms with E-state index in [1.807, 2.05) is 0 Å². The molecule has 0 radical (unpaired) electrons. The molecule has 0 saturated heterocycles.